The Morgan fingerprint density at radius 1 is 1.13 bits per heavy atom. The van der Waals surface area contributed by atoms with Gasteiger partial charge >= 0.3 is 5.97 Å². The summed E-state index contributed by atoms with van der Waals surface area (Å²) in [4.78, 5) is 12.4. The fraction of sp³-hybridized carbons (Fsp3) is 0.500. The van der Waals surface area contributed by atoms with Crippen LogP contribution < -0.4 is 5.32 Å². The van der Waals surface area contributed by atoms with Gasteiger partial charge in [-0.3, -0.25) is 0 Å². The second-order valence-corrected chi connectivity index (χ2v) is 12.9. The third-order valence-corrected chi connectivity index (χ3v) is 8.97. The molecule has 0 spiro atoms. The van der Waals surface area contributed by atoms with E-state index in [1.54, 1.807) is 6.07 Å². The fourth-order valence-corrected chi connectivity index (χ4v) is 5.17. The third kappa shape index (κ3) is 7.32. The highest BCUT2D eigenvalue weighted by Gasteiger charge is 2.35. The molecule has 0 radical (unpaired) electrons. The van der Waals surface area contributed by atoms with Crippen LogP contribution in [-0.4, -0.2) is 50.9 Å². The van der Waals surface area contributed by atoms with Gasteiger partial charge < -0.3 is 24.8 Å². The molecule has 3 rings (SSSR count). The first-order valence-electron chi connectivity index (χ1n) is 13.3. The molecule has 0 bridgehead atoms. The molecule has 38 heavy (non-hydrogen) atoms. The second kappa shape index (κ2) is 13.0. The third-order valence-electron chi connectivity index (χ3n) is 6.73. The van der Waals surface area contributed by atoms with Crippen molar-refractivity contribution in [2.45, 2.75) is 78.0 Å². The number of nitrogens with zero attached hydrogens (tertiary/aromatic N) is 1. The summed E-state index contributed by atoms with van der Waals surface area (Å²) in [6, 6.07) is 13.7. The SMILES string of the molecule is CCOC(=O)c1cc2cc(C[C@@H](C)NC[C@H](O[S+](C)C(C)(C)C)c3ccc(O)c(CO)c3)ccc2n1CC. The van der Waals surface area contributed by atoms with Gasteiger partial charge in [-0.15, -0.1) is 0 Å². The second-order valence-electron chi connectivity index (χ2n) is 10.6. The van der Waals surface area contributed by atoms with Crippen molar-refractivity contribution in [1.82, 2.24) is 9.88 Å². The van der Waals surface area contributed by atoms with Crippen molar-refractivity contribution in [3.05, 3.63) is 64.8 Å². The zero-order chi connectivity index (χ0) is 28.0. The molecule has 208 valence electrons. The van der Waals surface area contributed by atoms with E-state index in [-0.39, 0.29) is 46.4 Å². The van der Waals surface area contributed by atoms with Crippen LogP contribution in [0, 0.1) is 0 Å². The Labute approximate surface area is 229 Å². The van der Waals surface area contributed by atoms with Crippen LogP contribution in [0.2, 0.25) is 0 Å². The van der Waals surface area contributed by atoms with Crippen molar-refractivity contribution in [2.24, 2.45) is 0 Å². The minimum absolute atomic E-state index is 0.00664. The van der Waals surface area contributed by atoms with E-state index in [1.165, 1.54) is 5.56 Å². The highest BCUT2D eigenvalue weighted by molar-refractivity contribution is 7.93. The maximum atomic E-state index is 12.4. The van der Waals surface area contributed by atoms with Crippen LogP contribution in [-0.2, 0) is 39.7 Å². The number of aromatic nitrogens is 1. The highest BCUT2D eigenvalue weighted by Crippen LogP contribution is 2.29. The van der Waals surface area contributed by atoms with E-state index < -0.39 is 0 Å². The van der Waals surface area contributed by atoms with Gasteiger partial charge in [0.25, 0.3) is 0 Å². The lowest BCUT2D eigenvalue weighted by Crippen LogP contribution is -2.36. The maximum Gasteiger partial charge on any atom is 0.354 e. The fourth-order valence-electron chi connectivity index (χ4n) is 4.35. The van der Waals surface area contributed by atoms with Crippen molar-refractivity contribution in [3.8, 4) is 5.75 Å². The number of hydrogen-bond donors (Lipinski definition) is 3. The molecule has 3 atom stereocenters. The number of hydrogen-bond acceptors (Lipinski definition) is 6. The summed E-state index contributed by atoms with van der Waals surface area (Å²) in [5, 5.41) is 24.3. The molecule has 7 nitrogen and oxygen atoms in total. The van der Waals surface area contributed by atoms with Crippen LogP contribution in [0.25, 0.3) is 10.9 Å². The number of aromatic hydroxyl groups is 1. The number of carbonyl (C=O) groups excluding carboxylic acids is 1. The summed E-state index contributed by atoms with van der Waals surface area (Å²) in [6.07, 6.45) is 2.68. The molecule has 3 N–H and O–H groups in total. The van der Waals surface area contributed by atoms with Gasteiger partial charge in [-0.25, -0.2) is 4.79 Å². The Bertz CT molecular complexity index is 1230. The lowest BCUT2D eigenvalue weighted by Gasteiger charge is -2.24. The number of aliphatic hydroxyl groups excluding tert-OH is 1. The van der Waals surface area contributed by atoms with E-state index in [9.17, 15) is 15.0 Å². The summed E-state index contributed by atoms with van der Waals surface area (Å²) in [5.74, 6) is -0.210. The average molecular weight is 544 g/mol. The van der Waals surface area contributed by atoms with E-state index in [0.717, 1.165) is 22.9 Å². The summed E-state index contributed by atoms with van der Waals surface area (Å²) >= 11 is -0.312. The molecule has 2 aromatic carbocycles. The number of rotatable bonds is 12. The monoisotopic (exact) mass is 543 g/mol. The summed E-state index contributed by atoms with van der Waals surface area (Å²) in [6.45, 7) is 13.9. The molecule has 0 aliphatic heterocycles. The predicted octanol–water partition coefficient (Wildman–Crippen LogP) is 5.28. The van der Waals surface area contributed by atoms with Crippen molar-refractivity contribution in [3.63, 3.8) is 0 Å². The first-order valence-corrected chi connectivity index (χ1v) is 14.8. The van der Waals surface area contributed by atoms with Crippen molar-refractivity contribution >= 4 is 28.0 Å². The van der Waals surface area contributed by atoms with Crippen LogP contribution in [0.1, 0.15) is 74.8 Å². The van der Waals surface area contributed by atoms with E-state index in [1.807, 2.05) is 36.6 Å². The Hall–Kier alpha value is -2.52. The van der Waals surface area contributed by atoms with Gasteiger partial charge in [0.1, 0.15) is 28.9 Å². The number of phenols is 1. The molecule has 1 aromatic heterocycles. The first kappa shape index (κ1) is 30.0. The Morgan fingerprint density at radius 2 is 1.87 bits per heavy atom. The Morgan fingerprint density at radius 3 is 2.50 bits per heavy atom. The number of aliphatic hydroxyl groups is 1. The Kier molecular flexibility index (Phi) is 10.3. The van der Waals surface area contributed by atoms with Gasteiger partial charge in [-0.1, -0.05) is 12.1 Å². The van der Waals surface area contributed by atoms with Crippen LogP contribution in [0.3, 0.4) is 0 Å². The predicted molar refractivity (Wildman–Crippen MR) is 156 cm³/mol. The molecular weight excluding hydrogens is 500 g/mol. The molecule has 0 amide bonds. The normalized spacial score (nSPS) is 14.4. The molecule has 0 fully saturated rings. The van der Waals surface area contributed by atoms with Gasteiger partial charge in [-0.05, 0) is 89.4 Å². The zero-order valence-corrected chi connectivity index (χ0v) is 24.5. The molecule has 0 saturated carbocycles. The summed E-state index contributed by atoms with van der Waals surface area (Å²) in [5.41, 5.74) is 4.19. The molecule has 1 heterocycles. The number of carbonyl (C=O) groups is 1. The minimum atomic E-state index is -0.312. The molecular formula is C30H43N2O5S+. The van der Waals surface area contributed by atoms with E-state index in [4.69, 9.17) is 8.92 Å². The van der Waals surface area contributed by atoms with Crippen LogP contribution in [0.5, 0.6) is 5.75 Å². The quantitative estimate of drug-likeness (QED) is 0.213. The van der Waals surface area contributed by atoms with Crippen LogP contribution >= 0.6 is 0 Å². The standard InChI is InChI=1S/C30H42N2O5S/c1-8-32-25-12-10-21(15-23(25)17-26(32)29(35)36-9-2)14-20(3)31-18-28(37-38(7)30(4,5)6)22-11-13-27(34)24(16-22)19-33/h10-13,15-17,20,28,31,33H,8-9,14,18-19H2,1-7H3/p+1/t20-,28+,38?/m1/s1. The summed E-state index contributed by atoms with van der Waals surface area (Å²) < 4.78 is 13.8. The molecule has 0 saturated heterocycles. The molecule has 8 heteroatoms. The largest absolute Gasteiger partial charge is 0.508 e. The maximum absolute atomic E-state index is 12.4. The molecule has 1 unspecified atom stereocenters. The van der Waals surface area contributed by atoms with E-state index >= 15 is 0 Å². The minimum Gasteiger partial charge on any atom is -0.508 e. The summed E-state index contributed by atoms with van der Waals surface area (Å²) in [7, 11) is 0. The number of benzene rings is 2. The van der Waals surface area contributed by atoms with Crippen molar-refractivity contribution < 1.29 is 23.9 Å². The van der Waals surface area contributed by atoms with Crippen molar-refractivity contribution in [1.29, 1.82) is 0 Å². The van der Waals surface area contributed by atoms with E-state index in [2.05, 4.69) is 57.5 Å². The van der Waals surface area contributed by atoms with Crippen molar-refractivity contribution in [2.75, 3.05) is 19.4 Å². The number of aryl methyl sites for hydroxylation is 1. The zero-order valence-electron chi connectivity index (χ0n) is 23.7. The number of ether oxygens (including phenoxy) is 1. The molecule has 3 aromatic rings. The Balaban J connectivity index is 1.75. The number of esters is 1. The average Bonchev–Trinajstić information content (AvgIpc) is 3.24. The highest BCUT2D eigenvalue weighted by atomic mass is 32.2. The van der Waals surface area contributed by atoms with Gasteiger partial charge in [0.05, 0.1) is 13.2 Å². The molecule has 0 aliphatic carbocycles. The molecule has 0 aliphatic rings. The van der Waals surface area contributed by atoms with Gasteiger partial charge in [0.2, 0.25) is 0 Å². The van der Waals surface area contributed by atoms with Crippen LogP contribution in [0.15, 0.2) is 42.5 Å². The number of nitrogens with one attached hydrogen (secondary N) is 1. The first-order chi connectivity index (χ1) is 18.0. The lowest BCUT2D eigenvalue weighted by atomic mass is 10.0. The van der Waals surface area contributed by atoms with E-state index in [0.29, 0.717) is 31.0 Å². The van der Waals surface area contributed by atoms with Gasteiger partial charge in [0.15, 0.2) is 10.9 Å². The number of fused-ring (bicyclic) bond motifs is 1. The van der Waals surface area contributed by atoms with Gasteiger partial charge in [0, 0.05) is 35.6 Å². The lowest BCUT2D eigenvalue weighted by molar-refractivity contribution is 0.0514. The topological polar surface area (TPSA) is 93.0 Å². The van der Waals surface area contributed by atoms with Gasteiger partial charge in [-0.2, -0.15) is 4.18 Å². The van der Waals surface area contributed by atoms with Crippen LogP contribution in [0.4, 0.5) is 0 Å². The smallest absolute Gasteiger partial charge is 0.354 e.